The Bertz CT molecular complexity index is 699. The van der Waals surface area contributed by atoms with Crippen LogP contribution in [0.2, 0.25) is 0 Å². The van der Waals surface area contributed by atoms with Crippen LogP contribution in [0.15, 0.2) is 47.6 Å². The number of halogens is 2. The smallest absolute Gasteiger partial charge is 0.290 e. The van der Waals surface area contributed by atoms with E-state index in [2.05, 4.69) is 4.98 Å². The first-order chi connectivity index (χ1) is 12.0. The van der Waals surface area contributed by atoms with Gasteiger partial charge >= 0.3 is 0 Å². The van der Waals surface area contributed by atoms with Gasteiger partial charge in [-0.3, -0.25) is 4.79 Å². The lowest BCUT2D eigenvalue weighted by Crippen LogP contribution is -2.31. The fraction of sp³-hybridized carbons (Fsp3) is 0.294. The van der Waals surface area contributed by atoms with Crippen molar-refractivity contribution in [2.24, 2.45) is 0 Å². The van der Waals surface area contributed by atoms with Crippen LogP contribution in [0.1, 0.15) is 10.4 Å². The molecule has 25 heavy (non-hydrogen) atoms. The summed E-state index contributed by atoms with van der Waals surface area (Å²) in [5.74, 6) is -1.64. The summed E-state index contributed by atoms with van der Waals surface area (Å²) < 4.78 is 35.8. The maximum atomic E-state index is 12.6. The molecule has 0 saturated carbocycles. The molecule has 1 aromatic carbocycles. The number of nitrogens with zero attached hydrogens (tertiary/aromatic N) is 2. The average molecular weight is 368 g/mol. The predicted octanol–water partition coefficient (Wildman–Crippen LogP) is 3.56. The van der Waals surface area contributed by atoms with Crippen LogP contribution in [0.3, 0.4) is 0 Å². The van der Waals surface area contributed by atoms with Crippen molar-refractivity contribution in [1.82, 2.24) is 9.88 Å². The molecule has 0 radical (unpaired) electrons. The fourth-order valence-electron chi connectivity index (χ4n) is 2.01. The second-order valence-electron chi connectivity index (χ2n) is 4.99. The summed E-state index contributed by atoms with van der Waals surface area (Å²) in [6, 6.07) is 10.1. The van der Waals surface area contributed by atoms with Gasteiger partial charge in [0, 0.05) is 13.2 Å². The van der Waals surface area contributed by atoms with E-state index in [9.17, 15) is 13.6 Å². The molecule has 5 nitrogen and oxygen atoms in total. The van der Waals surface area contributed by atoms with Crippen molar-refractivity contribution < 1.29 is 23.0 Å². The lowest BCUT2D eigenvalue weighted by Gasteiger charge is -2.18. The van der Waals surface area contributed by atoms with Crippen molar-refractivity contribution in [3.63, 3.8) is 0 Å². The first-order valence-corrected chi connectivity index (χ1v) is 8.31. The van der Waals surface area contributed by atoms with Gasteiger partial charge in [0.2, 0.25) is 0 Å². The van der Waals surface area contributed by atoms with Gasteiger partial charge in [0.05, 0.1) is 19.2 Å². The molecule has 2 rings (SSSR count). The van der Waals surface area contributed by atoms with Gasteiger partial charge in [0.25, 0.3) is 11.7 Å². The SMILES string of the molecule is COc1ccc(OCCN(C)C(=O)c2cccnc2SC(F)F)cc1. The molecule has 0 aliphatic rings. The molecule has 0 bridgehead atoms. The van der Waals surface area contributed by atoms with E-state index < -0.39 is 5.76 Å². The molecule has 0 aliphatic heterocycles. The summed E-state index contributed by atoms with van der Waals surface area (Å²) in [6.45, 7) is 0.574. The number of thioether (sulfide) groups is 1. The molecule has 134 valence electrons. The maximum Gasteiger partial charge on any atom is 0.290 e. The van der Waals surface area contributed by atoms with Crippen molar-refractivity contribution in [3.8, 4) is 11.5 Å². The molecule has 0 fully saturated rings. The third-order valence-corrected chi connectivity index (χ3v) is 4.03. The average Bonchev–Trinajstić information content (AvgIpc) is 2.61. The molecular formula is C17H18F2N2O3S. The summed E-state index contributed by atoms with van der Waals surface area (Å²) in [5.41, 5.74) is 0.153. The molecule has 0 aliphatic carbocycles. The van der Waals surface area contributed by atoms with E-state index in [1.807, 2.05) is 0 Å². The van der Waals surface area contributed by atoms with Crippen LogP contribution in [0.25, 0.3) is 0 Å². The maximum absolute atomic E-state index is 12.6. The number of carbonyl (C=O) groups is 1. The molecule has 1 amide bonds. The Morgan fingerprint density at radius 1 is 1.24 bits per heavy atom. The number of rotatable bonds is 8. The number of hydrogen-bond donors (Lipinski definition) is 0. The lowest BCUT2D eigenvalue weighted by molar-refractivity contribution is 0.0769. The highest BCUT2D eigenvalue weighted by Crippen LogP contribution is 2.26. The van der Waals surface area contributed by atoms with Gasteiger partial charge < -0.3 is 14.4 Å². The predicted molar refractivity (Wildman–Crippen MR) is 91.5 cm³/mol. The molecule has 0 spiro atoms. The van der Waals surface area contributed by atoms with Crippen molar-refractivity contribution in [2.45, 2.75) is 10.8 Å². The molecule has 0 atom stereocenters. The van der Waals surface area contributed by atoms with Crippen molar-refractivity contribution in [1.29, 1.82) is 0 Å². The van der Waals surface area contributed by atoms with E-state index in [1.165, 1.54) is 17.2 Å². The lowest BCUT2D eigenvalue weighted by atomic mass is 10.2. The van der Waals surface area contributed by atoms with E-state index in [0.29, 0.717) is 12.3 Å². The minimum absolute atomic E-state index is 0.0189. The van der Waals surface area contributed by atoms with Crippen LogP contribution < -0.4 is 9.47 Å². The number of amides is 1. The van der Waals surface area contributed by atoms with Gasteiger partial charge in [-0.05, 0) is 48.2 Å². The molecule has 0 saturated heterocycles. The molecule has 1 aromatic heterocycles. The Hall–Kier alpha value is -2.35. The zero-order chi connectivity index (χ0) is 18.2. The molecule has 0 N–H and O–H groups in total. The van der Waals surface area contributed by atoms with Gasteiger partial charge in [-0.1, -0.05) is 0 Å². The first kappa shape index (κ1) is 19.0. The van der Waals surface area contributed by atoms with Crippen LogP contribution in [0, 0.1) is 0 Å². The van der Waals surface area contributed by atoms with Gasteiger partial charge in [-0.15, -0.1) is 0 Å². The van der Waals surface area contributed by atoms with E-state index in [-0.39, 0.29) is 34.9 Å². The van der Waals surface area contributed by atoms with E-state index in [0.717, 1.165) is 5.75 Å². The molecule has 1 heterocycles. The van der Waals surface area contributed by atoms with Crippen molar-refractivity contribution in [3.05, 3.63) is 48.2 Å². The number of methoxy groups -OCH3 is 1. The van der Waals surface area contributed by atoms with Gasteiger partial charge in [-0.2, -0.15) is 8.78 Å². The highest BCUT2D eigenvalue weighted by atomic mass is 32.2. The Labute approximate surface area is 149 Å². The number of pyridine rings is 1. The third-order valence-electron chi connectivity index (χ3n) is 3.30. The van der Waals surface area contributed by atoms with Crippen LogP contribution in [-0.2, 0) is 0 Å². The van der Waals surface area contributed by atoms with Crippen LogP contribution in [0.4, 0.5) is 8.78 Å². The second kappa shape index (κ2) is 9.22. The summed E-state index contributed by atoms with van der Waals surface area (Å²) >= 11 is 0.260. The minimum atomic E-state index is -2.63. The number of carbonyl (C=O) groups excluding carboxylic acids is 1. The number of likely N-dealkylation sites (N-methyl/N-ethyl adjacent to an activating group) is 1. The number of benzene rings is 1. The monoisotopic (exact) mass is 368 g/mol. The summed E-state index contributed by atoms with van der Waals surface area (Å²) in [5, 5.41) is 0.0189. The van der Waals surface area contributed by atoms with Gasteiger partial charge in [0.1, 0.15) is 23.1 Å². The molecule has 0 unspecified atom stereocenters. The summed E-state index contributed by atoms with van der Waals surface area (Å²) in [7, 11) is 3.17. The van der Waals surface area contributed by atoms with Gasteiger partial charge in [0.15, 0.2) is 0 Å². The molecule has 2 aromatic rings. The highest BCUT2D eigenvalue weighted by molar-refractivity contribution is 7.99. The number of aromatic nitrogens is 1. The molecular weight excluding hydrogens is 350 g/mol. The minimum Gasteiger partial charge on any atom is -0.497 e. The zero-order valence-electron chi connectivity index (χ0n) is 13.8. The van der Waals surface area contributed by atoms with E-state index in [4.69, 9.17) is 9.47 Å². The van der Waals surface area contributed by atoms with Crippen LogP contribution in [0.5, 0.6) is 11.5 Å². The second-order valence-corrected chi connectivity index (χ2v) is 5.96. The Morgan fingerprint density at radius 3 is 2.56 bits per heavy atom. The normalized spacial score (nSPS) is 10.6. The fourth-order valence-corrected chi connectivity index (χ4v) is 2.58. The number of ether oxygens (including phenoxy) is 2. The van der Waals surface area contributed by atoms with E-state index in [1.54, 1.807) is 44.5 Å². The zero-order valence-corrected chi connectivity index (χ0v) is 14.6. The third kappa shape index (κ3) is 5.60. The number of hydrogen-bond acceptors (Lipinski definition) is 5. The van der Waals surface area contributed by atoms with Crippen LogP contribution in [-0.4, -0.2) is 48.9 Å². The summed E-state index contributed by atoms with van der Waals surface area (Å²) in [4.78, 5) is 17.7. The highest BCUT2D eigenvalue weighted by Gasteiger charge is 2.19. The van der Waals surface area contributed by atoms with Crippen LogP contribution >= 0.6 is 11.8 Å². The Morgan fingerprint density at radius 2 is 1.92 bits per heavy atom. The quantitative estimate of drug-likeness (QED) is 0.667. The van der Waals surface area contributed by atoms with Crippen molar-refractivity contribution >= 4 is 17.7 Å². The van der Waals surface area contributed by atoms with E-state index >= 15 is 0 Å². The topological polar surface area (TPSA) is 51.7 Å². The standard InChI is InChI=1S/C17H18F2N2O3S/c1-21(10-11-24-13-7-5-12(23-2)6-8-13)16(22)14-4-3-9-20-15(14)25-17(18)19/h3-9,17H,10-11H2,1-2H3. The van der Waals surface area contributed by atoms with Crippen molar-refractivity contribution in [2.75, 3.05) is 27.3 Å². The largest absolute Gasteiger partial charge is 0.497 e. The Kier molecular flexibility index (Phi) is 7.00. The summed E-state index contributed by atoms with van der Waals surface area (Å²) in [6.07, 6.45) is 1.38. The first-order valence-electron chi connectivity index (χ1n) is 7.43. The number of alkyl halides is 2. The molecule has 8 heteroatoms. The Balaban J connectivity index is 1.91. The van der Waals surface area contributed by atoms with Gasteiger partial charge in [-0.25, -0.2) is 4.98 Å².